The molecule has 16 heavy (non-hydrogen) atoms. The molecule has 0 saturated carbocycles. The minimum Gasteiger partial charge on any atom is -0.497 e. The maximum Gasteiger partial charge on any atom is 0.121 e. The smallest absolute Gasteiger partial charge is 0.121 e. The molecule has 4 nitrogen and oxygen atoms in total. The molecule has 0 aliphatic carbocycles. The fraction of sp³-hybridized carbons (Fsp3) is 0.500. The number of nitrogens with one attached hydrogen (secondary N) is 1. The van der Waals surface area contributed by atoms with Crippen molar-refractivity contribution < 1.29 is 9.47 Å². The summed E-state index contributed by atoms with van der Waals surface area (Å²) in [6, 6.07) is 5.60. The molecule has 3 N–H and O–H groups in total. The third-order valence-corrected chi connectivity index (χ3v) is 2.35. The van der Waals surface area contributed by atoms with E-state index in [0.29, 0.717) is 0 Å². The van der Waals surface area contributed by atoms with Crippen LogP contribution in [0.4, 0.5) is 11.4 Å². The Morgan fingerprint density at radius 3 is 2.75 bits per heavy atom. The van der Waals surface area contributed by atoms with Crippen molar-refractivity contribution in [3.8, 4) is 5.75 Å². The number of anilines is 2. The normalized spacial score (nSPS) is 10.1. The highest BCUT2D eigenvalue weighted by atomic mass is 16.5. The van der Waals surface area contributed by atoms with Crippen LogP contribution in [-0.2, 0) is 4.74 Å². The zero-order valence-corrected chi connectivity index (χ0v) is 9.95. The minimum absolute atomic E-state index is 0.743. The third kappa shape index (κ3) is 3.98. The van der Waals surface area contributed by atoms with Gasteiger partial charge in [-0.2, -0.15) is 0 Å². The number of nitrogen functional groups attached to an aromatic ring is 1. The van der Waals surface area contributed by atoms with Gasteiger partial charge in [-0.1, -0.05) is 0 Å². The second kappa shape index (κ2) is 6.95. The van der Waals surface area contributed by atoms with Crippen molar-refractivity contribution in [1.82, 2.24) is 0 Å². The molecule has 1 rings (SSSR count). The molecule has 0 saturated heterocycles. The van der Waals surface area contributed by atoms with Gasteiger partial charge in [-0.3, -0.25) is 0 Å². The molecule has 0 aliphatic heterocycles. The van der Waals surface area contributed by atoms with E-state index in [1.165, 1.54) is 0 Å². The lowest BCUT2D eigenvalue weighted by Gasteiger charge is -2.10. The van der Waals surface area contributed by atoms with E-state index in [0.717, 1.165) is 43.1 Å². The second-order valence-electron chi connectivity index (χ2n) is 3.58. The Bertz CT molecular complexity index is 316. The predicted octanol–water partition coefficient (Wildman–Crippen LogP) is 2.12. The number of benzene rings is 1. The SMILES string of the molecule is COCCCCNc1cc(OC)ccc1N. The van der Waals surface area contributed by atoms with E-state index >= 15 is 0 Å². The van der Waals surface area contributed by atoms with Gasteiger partial charge in [0.05, 0.1) is 18.5 Å². The molecular weight excluding hydrogens is 204 g/mol. The third-order valence-electron chi connectivity index (χ3n) is 2.35. The number of rotatable bonds is 7. The Morgan fingerprint density at radius 1 is 1.25 bits per heavy atom. The molecule has 0 aliphatic rings. The first kappa shape index (κ1) is 12.6. The lowest BCUT2D eigenvalue weighted by atomic mass is 10.2. The van der Waals surface area contributed by atoms with Crippen molar-refractivity contribution in [2.45, 2.75) is 12.8 Å². The molecule has 0 atom stereocenters. The van der Waals surface area contributed by atoms with E-state index in [9.17, 15) is 0 Å². The predicted molar refractivity (Wildman–Crippen MR) is 67.0 cm³/mol. The van der Waals surface area contributed by atoms with Crippen molar-refractivity contribution in [3.05, 3.63) is 18.2 Å². The summed E-state index contributed by atoms with van der Waals surface area (Å²) < 4.78 is 10.1. The number of hydrogen-bond donors (Lipinski definition) is 2. The van der Waals surface area contributed by atoms with Crippen LogP contribution < -0.4 is 15.8 Å². The largest absolute Gasteiger partial charge is 0.497 e. The van der Waals surface area contributed by atoms with Crippen LogP contribution in [-0.4, -0.2) is 27.4 Å². The van der Waals surface area contributed by atoms with Crippen LogP contribution in [0.3, 0.4) is 0 Å². The second-order valence-corrected chi connectivity index (χ2v) is 3.58. The summed E-state index contributed by atoms with van der Waals surface area (Å²) in [5, 5.41) is 3.29. The number of nitrogens with two attached hydrogens (primary N) is 1. The van der Waals surface area contributed by atoms with Crippen molar-refractivity contribution in [2.75, 3.05) is 38.4 Å². The van der Waals surface area contributed by atoms with Gasteiger partial charge < -0.3 is 20.5 Å². The molecule has 0 aromatic heterocycles. The summed E-state index contributed by atoms with van der Waals surface area (Å²) in [6.45, 7) is 1.69. The van der Waals surface area contributed by atoms with Crippen molar-refractivity contribution in [2.24, 2.45) is 0 Å². The van der Waals surface area contributed by atoms with Gasteiger partial charge in [0.1, 0.15) is 5.75 Å². The van der Waals surface area contributed by atoms with Gasteiger partial charge in [0.15, 0.2) is 0 Å². The van der Waals surface area contributed by atoms with Crippen LogP contribution in [0.1, 0.15) is 12.8 Å². The molecule has 0 amide bonds. The molecule has 0 bridgehead atoms. The Kier molecular flexibility index (Phi) is 5.50. The number of unbranched alkanes of at least 4 members (excludes halogenated alkanes) is 1. The number of methoxy groups -OCH3 is 2. The molecular formula is C12H20N2O2. The molecule has 1 aromatic rings. The van der Waals surface area contributed by atoms with Crippen LogP contribution in [0, 0.1) is 0 Å². The lowest BCUT2D eigenvalue weighted by molar-refractivity contribution is 0.194. The van der Waals surface area contributed by atoms with Gasteiger partial charge in [0.25, 0.3) is 0 Å². The van der Waals surface area contributed by atoms with Crippen LogP contribution >= 0.6 is 0 Å². The summed E-state index contributed by atoms with van der Waals surface area (Å²) in [7, 11) is 3.36. The van der Waals surface area contributed by atoms with E-state index in [2.05, 4.69) is 5.32 Å². The van der Waals surface area contributed by atoms with Crippen molar-refractivity contribution in [1.29, 1.82) is 0 Å². The Labute approximate surface area is 96.7 Å². The molecule has 4 heteroatoms. The average Bonchev–Trinajstić information content (AvgIpc) is 2.31. The lowest BCUT2D eigenvalue weighted by Crippen LogP contribution is -2.05. The molecule has 0 fully saturated rings. The highest BCUT2D eigenvalue weighted by Crippen LogP contribution is 2.24. The summed E-state index contributed by atoms with van der Waals surface area (Å²) in [6.07, 6.45) is 2.11. The molecule has 1 aromatic carbocycles. The van der Waals surface area contributed by atoms with Crippen molar-refractivity contribution in [3.63, 3.8) is 0 Å². The maximum absolute atomic E-state index is 5.84. The van der Waals surface area contributed by atoms with Crippen LogP contribution in [0.2, 0.25) is 0 Å². The fourth-order valence-electron chi connectivity index (χ4n) is 1.41. The quantitative estimate of drug-likeness (QED) is 0.550. The summed E-state index contributed by atoms with van der Waals surface area (Å²) >= 11 is 0. The van der Waals surface area contributed by atoms with E-state index in [1.54, 1.807) is 14.2 Å². The fourth-order valence-corrected chi connectivity index (χ4v) is 1.41. The molecule has 0 unspecified atom stereocenters. The summed E-state index contributed by atoms with van der Waals surface area (Å²) in [5.41, 5.74) is 7.51. The zero-order chi connectivity index (χ0) is 11.8. The first-order valence-corrected chi connectivity index (χ1v) is 5.44. The van der Waals surface area contributed by atoms with Crippen LogP contribution in [0.15, 0.2) is 18.2 Å². The first-order chi connectivity index (χ1) is 7.77. The highest BCUT2D eigenvalue weighted by molar-refractivity contribution is 5.68. The highest BCUT2D eigenvalue weighted by Gasteiger charge is 2.00. The average molecular weight is 224 g/mol. The molecule has 90 valence electrons. The topological polar surface area (TPSA) is 56.5 Å². The van der Waals surface area contributed by atoms with E-state index < -0.39 is 0 Å². The molecule has 0 heterocycles. The standard InChI is InChI=1S/C12H20N2O2/c1-15-8-4-3-7-14-12-9-10(16-2)5-6-11(12)13/h5-6,9,14H,3-4,7-8,13H2,1-2H3. The summed E-state index contributed by atoms with van der Waals surface area (Å²) in [4.78, 5) is 0. The number of ether oxygens (including phenoxy) is 2. The molecule has 0 radical (unpaired) electrons. The van der Waals surface area contributed by atoms with Gasteiger partial charge in [0.2, 0.25) is 0 Å². The van der Waals surface area contributed by atoms with Crippen molar-refractivity contribution >= 4 is 11.4 Å². The number of hydrogen-bond acceptors (Lipinski definition) is 4. The van der Waals surface area contributed by atoms with Crippen LogP contribution in [0.25, 0.3) is 0 Å². The van der Waals surface area contributed by atoms with Gasteiger partial charge in [-0.25, -0.2) is 0 Å². The van der Waals surface area contributed by atoms with Crippen LogP contribution in [0.5, 0.6) is 5.75 Å². The maximum atomic E-state index is 5.84. The van der Waals surface area contributed by atoms with Gasteiger partial charge >= 0.3 is 0 Å². The first-order valence-electron chi connectivity index (χ1n) is 5.44. The van der Waals surface area contributed by atoms with E-state index in [-0.39, 0.29) is 0 Å². The zero-order valence-electron chi connectivity index (χ0n) is 9.95. The molecule has 0 spiro atoms. The summed E-state index contributed by atoms with van der Waals surface area (Å²) in [5.74, 6) is 0.814. The Balaban J connectivity index is 2.40. The monoisotopic (exact) mass is 224 g/mol. The Hall–Kier alpha value is -1.42. The Morgan fingerprint density at radius 2 is 2.06 bits per heavy atom. The van der Waals surface area contributed by atoms with Gasteiger partial charge in [-0.05, 0) is 25.0 Å². The van der Waals surface area contributed by atoms with Gasteiger partial charge in [-0.15, -0.1) is 0 Å². The van der Waals surface area contributed by atoms with E-state index in [4.69, 9.17) is 15.2 Å². The minimum atomic E-state index is 0.743. The van der Waals surface area contributed by atoms with E-state index in [1.807, 2.05) is 18.2 Å². The van der Waals surface area contributed by atoms with Gasteiger partial charge in [0, 0.05) is 26.3 Å².